The van der Waals surface area contributed by atoms with E-state index in [2.05, 4.69) is 0 Å². The van der Waals surface area contributed by atoms with Gasteiger partial charge in [-0.25, -0.2) is 0 Å². The van der Waals surface area contributed by atoms with Crippen molar-refractivity contribution in [2.45, 2.75) is 26.3 Å². The minimum Gasteiger partial charge on any atom is -0.496 e. The molecule has 0 radical (unpaired) electrons. The van der Waals surface area contributed by atoms with E-state index in [1.807, 2.05) is 26.0 Å². The molecule has 16 heavy (non-hydrogen) atoms. The number of ether oxygens (including phenoxy) is 1. The number of aryl methyl sites for hydroxylation is 2. The third kappa shape index (κ3) is 2.73. The molecule has 0 aliphatic carbocycles. The summed E-state index contributed by atoms with van der Waals surface area (Å²) in [6.07, 6.45) is -0.0984. The molecule has 0 bridgehead atoms. The zero-order valence-corrected chi connectivity index (χ0v) is 9.78. The van der Waals surface area contributed by atoms with Crippen molar-refractivity contribution in [2.75, 3.05) is 7.11 Å². The van der Waals surface area contributed by atoms with Crippen LogP contribution in [0.4, 0.5) is 0 Å². The number of hydrogen-bond acceptors (Lipinski definition) is 3. The lowest BCUT2D eigenvalue weighted by Gasteiger charge is -2.16. The molecular formula is C12H17NO3. The Hall–Kier alpha value is -1.55. The number of carboxylic acid groups (broad SMARTS) is 1. The number of aliphatic carboxylic acids is 1. The molecule has 4 heteroatoms. The number of hydrogen-bond donors (Lipinski definition) is 2. The van der Waals surface area contributed by atoms with Crippen molar-refractivity contribution in [3.63, 3.8) is 0 Å². The summed E-state index contributed by atoms with van der Waals surface area (Å²) in [4.78, 5) is 10.6. The van der Waals surface area contributed by atoms with E-state index in [0.717, 1.165) is 16.7 Å². The van der Waals surface area contributed by atoms with Gasteiger partial charge in [0.25, 0.3) is 0 Å². The highest BCUT2D eigenvalue weighted by molar-refractivity contribution is 5.68. The van der Waals surface area contributed by atoms with Crippen LogP contribution in [0.1, 0.15) is 29.2 Å². The Morgan fingerprint density at radius 2 is 2.00 bits per heavy atom. The fourth-order valence-electron chi connectivity index (χ4n) is 1.58. The summed E-state index contributed by atoms with van der Waals surface area (Å²) in [5.74, 6) is -0.260. The van der Waals surface area contributed by atoms with E-state index in [-0.39, 0.29) is 6.42 Å². The van der Waals surface area contributed by atoms with Crippen LogP contribution >= 0.6 is 0 Å². The normalized spacial score (nSPS) is 12.2. The first-order chi connectivity index (χ1) is 7.45. The van der Waals surface area contributed by atoms with Gasteiger partial charge in [-0.3, -0.25) is 4.79 Å². The van der Waals surface area contributed by atoms with Gasteiger partial charge in [0.1, 0.15) is 5.75 Å². The Labute approximate surface area is 95.0 Å². The molecule has 0 fully saturated rings. The van der Waals surface area contributed by atoms with E-state index in [9.17, 15) is 4.79 Å². The second-order valence-corrected chi connectivity index (χ2v) is 3.88. The predicted molar refractivity (Wildman–Crippen MR) is 61.6 cm³/mol. The molecule has 0 aliphatic rings. The monoisotopic (exact) mass is 223 g/mol. The molecule has 0 spiro atoms. The molecule has 0 amide bonds. The summed E-state index contributed by atoms with van der Waals surface area (Å²) < 4.78 is 5.21. The highest BCUT2D eigenvalue weighted by Crippen LogP contribution is 2.28. The van der Waals surface area contributed by atoms with Gasteiger partial charge in [0.15, 0.2) is 0 Å². The average Bonchev–Trinajstić information content (AvgIpc) is 2.20. The Morgan fingerprint density at radius 3 is 2.50 bits per heavy atom. The highest BCUT2D eigenvalue weighted by Gasteiger charge is 2.16. The van der Waals surface area contributed by atoms with Gasteiger partial charge in [0.05, 0.1) is 13.5 Å². The fraction of sp³-hybridized carbons (Fsp3) is 0.417. The molecule has 1 unspecified atom stereocenters. The molecule has 1 rings (SSSR count). The number of carboxylic acids is 1. The average molecular weight is 223 g/mol. The SMILES string of the molecule is COc1cc(C)c(C)cc1C(N)CC(=O)O. The van der Waals surface area contributed by atoms with Gasteiger partial charge in [-0.15, -0.1) is 0 Å². The molecular weight excluding hydrogens is 206 g/mol. The summed E-state index contributed by atoms with van der Waals surface area (Å²) in [5.41, 5.74) is 8.75. The number of methoxy groups -OCH3 is 1. The van der Waals surface area contributed by atoms with Gasteiger partial charge in [0, 0.05) is 11.6 Å². The second kappa shape index (κ2) is 4.99. The first kappa shape index (κ1) is 12.5. The van der Waals surface area contributed by atoms with Gasteiger partial charge in [-0.1, -0.05) is 6.07 Å². The van der Waals surface area contributed by atoms with Crippen LogP contribution in [0.5, 0.6) is 5.75 Å². The van der Waals surface area contributed by atoms with E-state index in [1.54, 1.807) is 7.11 Å². The first-order valence-corrected chi connectivity index (χ1v) is 5.08. The molecule has 1 aromatic rings. The standard InChI is InChI=1S/C12H17NO3/c1-7-4-9(10(13)6-12(14)15)11(16-3)5-8(7)2/h4-5,10H,6,13H2,1-3H3,(H,14,15). The largest absolute Gasteiger partial charge is 0.496 e. The van der Waals surface area contributed by atoms with Gasteiger partial charge in [0.2, 0.25) is 0 Å². The molecule has 0 heterocycles. The molecule has 4 nitrogen and oxygen atoms in total. The highest BCUT2D eigenvalue weighted by atomic mass is 16.5. The molecule has 3 N–H and O–H groups in total. The van der Waals surface area contributed by atoms with Crippen LogP contribution in [0.3, 0.4) is 0 Å². The molecule has 0 aliphatic heterocycles. The maximum atomic E-state index is 10.6. The van der Waals surface area contributed by atoms with E-state index in [0.29, 0.717) is 5.75 Å². The van der Waals surface area contributed by atoms with Gasteiger partial charge in [-0.2, -0.15) is 0 Å². The summed E-state index contributed by atoms with van der Waals surface area (Å²) in [7, 11) is 1.56. The first-order valence-electron chi connectivity index (χ1n) is 5.08. The van der Waals surface area contributed by atoms with Crippen LogP contribution in [0.25, 0.3) is 0 Å². The Kier molecular flexibility index (Phi) is 3.90. The summed E-state index contributed by atoms with van der Waals surface area (Å²) in [6.45, 7) is 3.94. The lowest BCUT2D eigenvalue weighted by Crippen LogP contribution is -2.16. The Balaban J connectivity index is 3.10. The number of rotatable bonds is 4. The summed E-state index contributed by atoms with van der Waals surface area (Å²) in [5, 5.41) is 8.71. The van der Waals surface area contributed by atoms with Crippen LogP contribution in [0.2, 0.25) is 0 Å². The van der Waals surface area contributed by atoms with Crippen LogP contribution in [0.15, 0.2) is 12.1 Å². The maximum absolute atomic E-state index is 10.6. The van der Waals surface area contributed by atoms with Crippen LogP contribution in [-0.2, 0) is 4.79 Å². The van der Waals surface area contributed by atoms with Crippen molar-refractivity contribution >= 4 is 5.97 Å². The van der Waals surface area contributed by atoms with E-state index < -0.39 is 12.0 Å². The lowest BCUT2D eigenvalue weighted by atomic mass is 9.98. The molecule has 1 atom stereocenters. The minimum atomic E-state index is -0.909. The molecule has 0 aromatic heterocycles. The third-order valence-corrected chi connectivity index (χ3v) is 2.64. The van der Waals surface area contributed by atoms with Crippen molar-refractivity contribution in [2.24, 2.45) is 5.73 Å². The van der Waals surface area contributed by atoms with Crippen molar-refractivity contribution < 1.29 is 14.6 Å². The smallest absolute Gasteiger partial charge is 0.305 e. The quantitative estimate of drug-likeness (QED) is 0.816. The van der Waals surface area contributed by atoms with Crippen molar-refractivity contribution in [1.29, 1.82) is 0 Å². The van der Waals surface area contributed by atoms with Crippen molar-refractivity contribution in [3.8, 4) is 5.75 Å². The third-order valence-electron chi connectivity index (χ3n) is 2.64. The zero-order valence-electron chi connectivity index (χ0n) is 9.78. The molecule has 1 aromatic carbocycles. The van der Waals surface area contributed by atoms with Crippen LogP contribution < -0.4 is 10.5 Å². The second-order valence-electron chi connectivity index (χ2n) is 3.88. The van der Waals surface area contributed by atoms with Gasteiger partial charge in [-0.05, 0) is 31.0 Å². The number of benzene rings is 1. The molecule has 0 saturated heterocycles. The fourth-order valence-corrected chi connectivity index (χ4v) is 1.58. The minimum absolute atomic E-state index is 0.0984. The van der Waals surface area contributed by atoms with E-state index >= 15 is 0 Å². The summed E-state index contributed by atoms with van der Waals surface area (Å²) in [6, 6.07) is 3.24. The number of nitrogens with two attached hydrogens (primary N) is 1. The van der Waals surface area contributed by atoms with Crippen molar-refractivity contribution in [1.82, 2.24) is 0 Å². The van der Waals surface area contributed by atoms with Crippen LogP contribution in [-0.4, -0.2) is 18.2 Å². The van der Waals surface area contributed by atoms with E-state index in [1.165, 1.54) is 0 Å². The van der Waals surface area contributed by atoms with Gasteiger partial charge >= 0.3 is 5.97 Å². The summed E-state index contributed by atoms with van der Waals surface area (Å²) >= 11 is 0. The predicted octanol–water partition coefficient (Wildman–Crippen LogP) is 1.79. The topological polar surface area (TPSA) is 72.5 Å². The maximum Gasteiger partial charge on any atom is 0.305 e. The van der Waals surface area contributed by atoms with Gasteiger partial charge < -0.3 is 15.6 Å². The Bertz CT molecular complexity index is 401. The van der Waals surface area contributed by atoms with E-state index in [4.69, 9.17) is 15.6 Å². The molecule has 88 valence electrons. The number of carbonyl (C=O) groups is 1. The molecule has 0 saturated carbocycles. The van der Waals surface area contributed by atoms with Crippen LogP contribution in [0, 0.1) is 13.8 Å². The lowest BCUT2D eigenvalue weighted by molar-refractivity contribution is -0.137. The zero-order chi connectivity index (χ0) is 12.3. The van der Waals surface area contributed by atoms with Crippen molar-refractivity contribution in [3.05, 3.63) is 28.8 Å². The Morgan fingerprint density at radius 1 is 1.44 bits per heavy atom.